The smallest absolute Gasteiger partial charge is 0.0492 e. The van der Waals surface area contributed by atoms with Crippen LogP contribution < -0.4 is 11.3 Å². The second-order valence-electron chi connectivity index (χ2n) is 5.04. The van der Waals surface area contributed by atoms with Crippen LogP contribution in [-0.4, -0.2) is 15.8 Å². The van der Waals surface area contributed by atoms with Gasteiger partial charge in [-0.3, -0.25) is 16.0 Å². The van der Waals surface area contributed by atoms with E-state index in [0.717, 1.165) is 19.3 Å². The highest BCUT2D eigenvalue weighted by Gasteiger charge is 2.09. The molecule has 1 atom stereocenters. The predicted molar refractivity (Wildman–Crippen MR) is 77.5 cm³/mol. The first-order valence-electron chi connectivity index (χ1n) is 6.67. The van der Waals surface area contributed by atoms with Gasteiger partial charge in [0.15, 0.2) is 0 Å². The second kappa shape index (κ2) is 6.50. The molecule has 1 aromatic carbocycles. The van der Waals surface area contributed by atoms with Gasteiger partial charge in [-0.2, -0.15) is 5.10 Å². The van der Waals surface area contributed by atoms with Crippen LogP contribution in [-0.2, 0) is 19.9 Å². The van der Waals surface area contributed by atoms with Crippen LogP contribution in [0, 0.1) is 6.92 Å². The van der Waals surface area contributed by atoms with Gasteiger partial charge in [-0.05, 0) is 37.8 Å². The third-order valence-electron chi connectivity index (χ3n) is 3.51. The van der Waals surface area contributed by atoms with Crippen LogP contribution in [0.4, 0.5) is 0 Å². The number of nitrogens with two attached hydrogens (primary N) is 1. The fourth-order valence-electron chi connectivity index (χ4n) is 2.22. The van der Waals surface area contributed by atoms with E-state index < -0.39 is 0 Å². The summed E-state index contributed by atoms with van der Waals surface area (Å²) >= 11 is 0. The zero-order valence-electron chi connectivity index (χ0n) is 11.6. The molecule has 0 fully saturated rings. The Balaban J connectivity index is 1.90. The van der Waals surface area contributed by atoms with E-state index in [0.29, 0.717) is 0 Å². The number of nitrogens with zero attached hydrogens (tertiary/aromatic N) is 2. The van der Waals surface area contributed by atoms with Gasteiger partial charge in [-0.25, -0.2) is 0 Å². The summed E-state index contributed by atoms with van der Waals surface area (Å²) in [6.45, 7) is 2.10. The molecule has 0 spiro atoms. The van der Waals surface area contributed by atoms with Gasteiger partial charge in [0, 0.05) is 25.0 Å². The van der Waals surface area contributed by atoms with Gasteiger partial charge < -0.3 is 0 Å². The summed E-state index contributed by atoms with van der Waals surface area (Å²) in [4.78, 5) is 0. The van der Waals surface area contributed by atoms with Crippen molar-refractivity contribution in [2.24, 2.45) is 12.9 Å². The van der Waals surface area contributed by atoms with Crippen LogP contribution in [0.1, 0.15) is 23.2 Å². The molecule has 0 amide bonds. The number of aromatic nitrogens is 2. The van der Waals surface area contributed by atoms with Crippen molar-refractivity contribution in [3.05, 3.63) is 53.3 Å². The number of hydrogen-bond donors (Lipinski definition) is 2. The molecule has 102 valence electrons. The Morgan fingerprint density at radius 3 is 2.58 bits per heavy atom. The lowest BCUT2D eigenvalue weighted by Crippen LogP contribution is -2.37. The maximum Gasteiger partial charge on any atom is 0.0492 e. The molecule has 3 N–H and O–H groups in total. The molecule has 0 aliphatic rings. The van der Waals surface area contributed by atoms with Crippen LogP contribution in [0.3, 0.4) is 0 Å². The van der Waals surface area contributed by atoms with Crippen molar-refractivity contribution in [2.45, 2.75) is 32.2 Å². The maximum absolute atomic E-state index is 5.66. The van der Waals surface area contributed by atoms with E-state index >= 15 is 0 Å². The van der Waals surface area contributed by atoms with E-state index in [1.807, 2.05) is 17.9 Å². The number of benzene rings is 1. The quantitative estimate of drug-likeness (QED) is 0.613. The highest BCUT2D eigenvalue weighted by Crippen LogP contribution is 2.10. The van der Waals surface area contributed by atoms with Gasteiger partial charge in [0.25, 0.3) is 0 Å². The molecule has 0 aliphatic carbocycles. The van der Waals surface area contributed by atoms with Gasteiger partial charge in [0.05, 0.1) is 0 Å². The summed E-state index contributed by atoms with van der Waals surface area (Å²) < 4.78 is 1.92. The van der Waals surface area contributed by atoms with Crippen molar-refractivity contribution in [1.29, 1.82) is 0 Å². The fourth-order valence-corrected chi connectivity index (χ4v) is 2.22. The summed E-state index contributed by atoms with van der Waals surface area (Å²) in [6.07, 6.45) is 4.77. The second-order valence-corrected chi connectivity index (χ2v) is 5.04. The summed E-state index contributed by atoms with van der Waals surface area (Å²) in [5.41, 5.74) is 6.76. The predicted octanol–water partition coefficient (Wildman–Crippen LogP) is 1.74. The minimum Gasteiger partial charge on any atom is -0.273 e. The van der Waals surface area contributed by atoms with E-state index in [-0.39, 0.29) is 6.04 Å². The van der Waals surface area contributed by atoms with Crippen LogP contribution in [0.2, 0.25) is 0 Å². The number of hydrogen-bond acceptors (Lipinski definition) is 3. The fraction of sp³-hybridized carbons (Fsp3) is 0.400. The number of aryl methyl sites for hydroxylation is 3. The Kier molecular flexibility index (Phi) is 4.71. The Bertz CT molecular complexity index is 501. The van der Waals surface area contributed by atoms with Crippen molar-refractivity contribution >= 4 is 0 Å². The Morgan fingerprint density at radius 2 is 2.00 bits per heavy atom. The van der Waals surface area contributed by atoms with Crippen molar-refractivity contribution in [3.63, 3.8) is 0 Å². The molecule has 0 aliphatic heterocycles. The van der Waals surface area contributed by atoms with Crippen molar-refractivity contribution in [3.8, 4) is 0 Å². The maximum atomic E-state index is 5.66. The third-order valence-corrected chi connectivity index (χ3v) is 3.51. The van der Waals surface area contributed by atoms with Gasteiger partial charge in [-0.15, -0.1) is 0 Å². The van der Waals surface area contributed by atoms with Gasteiger partial charge >= 0.3 is 0 Å². The number of hydrazine groups is 1. The molecular formula is C15H22N4. The Labute approximate surface area is 114 Å². The monoisotopic (exact) mass is 258 g/mol. The molecule has 0 radical (unpaired) electrons. The molecule has 4 heteroatoms. The standard InChI is InChI=1S/C15H22N4/c1-12-3-5-13(6-4-12)11-14(18-16)7-8-15-9-10-17-19(15)2/h3-6,9-10,14,18H,7-8,11,16H2,1-2H3. The molecule has 1 aromatic heterocycles. The van der Waals surface area contributed by atoms with Crippen LogP contribution in [0.15, 0.2) is 36.5 Å². The molecule has 1 heterocycles. The lowest BCUT2D eigenvalue weighted by molar-refractivity contribution is 0.484. The Hall–Kier alpha value is -1.65. The molecule has 2 aromatic rings. The highest BCUT2D eigenvalue weighted by molar-refractivity contribution is 5.22. The van der Waals surface area contributed by atoms with Crippen molar-refractivity contribution in [2.75, 3.05) is 0 Å². The summed E-state index contributed by atoms with van der Waals surface area (Å²) in [6, 6.07) is 11.0. The molecule has 0 bridgehead atoms. The molecule has 0 saturated heterocycles. The van der Waals surface area contributed by atoms with Crippen LogP contribution >= 0.6 is 0 Å². The van der Waals surface area contributed by atoms with E-state index in [4.69, 9.17) is 5.84 Å². The normalized spacial score (nSPS) is 12.6. The number of rotatable bonds is 6. The number of nitrogens with one attached hydrogen (secondary N) is 1. The van der Waals surface area contributed by atoms with Gasteiger partial charge in [0.1, 0.15) is 0 Å². The first-order chi connectivity index (χ1) is 9.19. The first kappa shape index (κ1) is 13.8. The lowest BCUT2D eigenvalue weighted by atomic mass is 10.0. The van der Waals surface area contributed by atoms with Gasteiger partial charge in [-0.1, -0.05) is 29.8 Å². The van der Waals surface area contributed by atoms with Gasteiger partial charge in [0.2, 0.25) is 0 Å². The molecule has 0 saturated carbocycles. The molecule has 19 heavy (non-hydrogen) atoms. The Morgan fingerprint density at radius 1 is 1.26 bits per heavy atom. The highest BCUT2D eigenvalue weighted by atomic mass is 15.3. The summed E-state index contributed by atoms with van der Waals surface area (Å²) in [7, 11) is 1.97. The van der Waals surface area contributed by atoms with E-state index in [9.17, 15) is 0 Å². The lowest BCUT2D eigenvalue weighted by Gasteiger charge is -2.16. The SMILES string of the molecule is Cc1ccc(CC(CCc2ccnn2C)NN)cc1. The van der Waals surface area contributed by atoms with Crippen molar-refractivity contribution in [1.82, 2.24) is 15.2 Å². The third kappa shape index (κ3) is 3.91. The average Bonchev–Trinajstić information content (AvgIpc) is 2.82. The molecule has 4 nitrogen and oxygen atoms in total. The zero-order chi connectivity index (χ0) is 13.7. The molecule has 1 unspecified atom stereocenters. The minimum absolute atomic E-state index is 0.289. The van der Waals surface area contributed by atoms with E-state index in [1.165, 1.54) is 16.8 Å². The molecular weight excluding hydrogens is 236 g/mol. The van der Waals surface area contributed by atoms with E-state index in [2.05, 4.69) is 47.8 Å². The van der Waals surface area contributed by atoms with Crippen LogP contribution in [0.5, 0.6) is 0 Å². The zero-order valence-corrected chi connectivity index (χ0v) is 11.6. The largest absolute Gasteiger partial charge is 0.273 e. The topological polar surface area (TPSA) is 55.9 Å². The average molecular weight is 258 g/mol. The van der Waals surface area contributed by atoms with E-state index in [1.54, 1.807) is 0 Å². The van der Waals surface area contributed by atoms with Crippen LogP contribution in [0.25, 0.3) is 0 Å². The molecule has 2 rings (SSSR count). The minimum atomic E-state index is 0.289. The first-order valence-corrected chi connectivity index (χ1v) is 6.67. The summed E-state index contributed by atoms with van der Waals surface area (Å²) in [5, 5.41) is 4.18. The summed E-state index contributed by atoms with van der Waals surface area (Å²) in [5.74, 6) is 5.66. The van der Waals surface area contributed by atoms with Crippen molar-refractivity contribution < 1.29 is 0 Å².